The van der Waals surface area contributed by atoms with E-state index in [1.807, 2.05) is 73.8 Å². The van der Waals surface area contributed by atoms with Crippen LogP contribution in [-0.2, 0) is 24.2 Å². The third-order valence-electron chi connectivity index (χ3n) is 5.66. The van der Waals surface area contributed by atoms with Crippen molar-refractivity contribution in [3.63, 3.8) is 0 Å². The fourth-order valence-electron chi connectivity index (χ4n) is 3.75. The number of carboxylic acids is 1. The highest BCUT2D eigenvalue weighted by molar-refractivity contribution is 7.12. The Kier molecular flexibility index (Phi) is 8.17. The van der Waals surface area contributed by atoms with Crippen LogP contribution >= 0.6 is 11.3 Å². The van der Waals surface area contributed by atoms with Gasteiger partial charge in [0.25, 0.3) is 5.91 Å². The molecule has 0 atom stereocenters. The van der Waals surface area contributed by atoms with Crippen LogP contribution in [0.2, 0.25) is 0 Å². The molecule has 2 N–H and O–H groups in total. The third kappa shape index (κ3) is 6.60. The van der Waals surface area contributed by atoms with Crippen LogP contribution in [0.25, 0.3) is 11.5 Å². The number of thiophene rings is 1. The highest BCUT2D eigenvalue weighted by atomic mass is 32.1. The van der Waals surface area contributed by atoms with Crippen molar-refractivity contribution < 1.29 is 23.8 Å². The van der Waals surface area contributed by atoms with E-state index in [1.54, 1.807) is 0 Å². The lowest BCUT2D eigenvalue weighted by Gasteiger charge is -2.14. The van der Waals surface area contributed by atoms with Crippen LogP contribution in [0.4, 0.5) is 0 Å². The Balaban J connectivity index is 1.43. The Hall–Kier alpha value is -3.91. The fraction of sp³-hybridized carbons (Fsp3) is 0.250. The van der Waals surface area contributed by atoms with Gasteiger partial charge in [0.15, 0.2) is 0 Å². The molecular formula is C28H28N2O5S. The first-order chi connectivity index (χ1) is 17.4. The Morgan fingerprint density at radius 2 is 1.89 bits per heavy atom. The Morgan fingerprint density at radius 3 is 2.61 bits per heavy atom. The molecule has 0 saturated heterocycles. The standard InChI is InChI=1S/C28H28N2O5S/c1-18-14-25(36-17-18)27(33)29-16-22-15-20(9-11-26(31)32)8-10-24(22)34-13-12-23-19(2)35-28(30-23)21-6-4-3-5-7-21/h3-8,10,14-15,17H,9,11-13,16H2,1-2H3,(H,29,33)(H,31,32). The molecule has 8 heteroatoms. The predicted octanol–water partition coefficient (Wildman–Crippen LogP) is 5.59. The van der Waals surface area contributed by atoms with Gasteiger partial charge in [0.2, 0.25) is 5.89 Å². The van der Waals surface area contributed by atoms with Gasteiger partial charge in [-0.05, 0) is 61.0 Å². The lowest BCUT2D eigenvalue weighted by Crippen LogP contribution is -2.22. The van der Waals surface area contributed by atoms with Gasteiger partial charge in [-0.2, -0.15) is 0 Å². The zero-order valence-corrected chi connectivity index (χ0v) is 21.1. The van der Waals surface area contributed by atoms with E-state index in [-0.39, 0.29) is 18.9 Å². The molecule has 2 heterocycles. The Bertz CT molecular complexity index is 1340. The van der Waals surface area contributed by atoms with Crippen LogP contribution in [0.3, 0.4) is 0 Å². The normalized spacial score (nSPS) is 10.8. The minimum atomic E-state index is -0.851. The summed E-state index contributed by atoms with van der Waals surface area (Å²) in [5, 5.41) is 13.9. The van der Waals surface area contributed by atoms with Gasteiger partial charge in [0.1, 0.15) is 11.5 Å². The lowest BCUT2D eigenvalue weighted by atomic mass is 10.1. The molecule has 0 spiro atoms. The number of carbonyl (C=O) groups is 2. The monoisotopic (exact) mass is 504 g/mol. The van der Waals surface area contributed by atoms with Gasteiger partial charge in [0.05, 0.1) is 17.2 Å². The van der Waals surface area contributed by atoms with Crippen LogP contribution in [0.15, 0.2) is 64.4 Å². The molecule has 0 aliphatic rings. The number of hydrogen-bond donors (Lipinski definition) is 2. The maximum Gasteiger partial charge on any atom is 0.303 e. The largest absolute Gasteiger partial charge is 0.493 e. The molecule has 4 aromatic rings. The van der Waals surface area contributed by atoms with E-state index in [1.165, 1.54) is 11.3 Å². The minimum absolute atomic E-state index is 0.0374. The number of amides is 1. The van der Waals surface area contributed by atoms with Gasteiger partial charge in [-0.25, -0.2) is 4.98 Å². The molecule has 0 saturated carbocycles. The quantitative estimate of drug-likeness (QED) is 0.276. The van der Waals surface area contributed by atoms with Crippen molar-refractivity contribution in [3.05, 3.63) is 93.0 Å². The summed E-state index contributed by atoms with van der Waals surface area (Å²) in [5.41, 5.74) is 4.46. The molecule has 0 fully saturated rings. The van der Waals surface area contributed by atoms with Crippen molar-refractivity contribution in [1.29, 1.82) is 0 Å². The SMILES string of the molecule is Cc1csc(C(=O)NCc2cc(CCC(=O)O)ccc2OCCc2nc(-c3ccccc3)oc2C)c1. The average molecular weight is 505 g/mol. The number of carbonyl (C=O) groups excluding carboxylic acids is 1. The minimum Gasteiger partial charge on any atom is -0.493 e. The topological polar surface area (TPSA) is 102 Å². The maximum absolute atomic E-state index is 12.6. The molecule has 0 aliphatic heterocycles. The summed E-state index contributed by atoms with van der Waals surface area (Å²) in [7, 11) is 0. The molecule has 0 aliphatic carbocycles. The number of oxazole rings is 1. The molecule has 2 aromatic carbocycles. The van der Waals surface area contributed by atoms with Crippen molar-refractivity contribution in [1.82, 2.24) is 10.3 Å². The van der Waals surface area contributed by atoms with Crippen molar-refractivity contribution in [2.24, 2.45) is 0 Å². The van der Waals surface area contributed by atoms with Crippen molar-refractivity contribution in [3.8, 4) is 17.2 Å². The number of nitrogens with zero attached hydrogens (tertiary/aromatic N) is 1. The number of rotatable bonds is 11. The number of carboxylic acid groups (broad SMARTS) is 1. The third-order valence-corrected chi connectivity index (χ3v) is 6.70. The second-order valence-corrected chi connectivity index (χ2v) is 9.40. The van der Waals surface area contributed by atoms with Crippen molar-refractivity contribution >= 4 is 23.2 Å². The van der Waals surface area contributed by atoms with Crippen molar-refractivity contribution in [2.45, 2.75) is 39.7 Å². The summed E-state index contributed by atoms with van der Waals surface area (Å²) in [4.78, 5) is 28.8. The van der Waals surface area contributed by atoms with E-state index >= 15 is 0 Å². The number of nitrogens with one attached hydrogen (secondary N) is 1. The summed E-state index contributed by atoms with van der Waals surface area (Å²) in [6.45, 7) is 4.48. The molecule has 4 rings (SSSR count). The predicted molar refractivity (Wildman–Crippen MR) is 138 cm³/mol. The van der Waals surface area contributed by atoms with E-state index in [0.717, 1.165) is 33.7 Å². The highest BCUT2D eigenvalue weighted by Gasteiger charge is 2.14. The molecule has 2 aromatic heterocycles. The Labute approximate surface area is 213 Å². The van der Waals surface area contributed by atoms with Crippen LogP contribution in [0.5, 0.6) is 5.75 Å². The van der Waals surface area contributed by atoms with E-state index in [9.17, 15) is 9.59 Å². The van der Waals surface area contributed by atoms with E-state index in [0.29, 0.717) is 36.0 Å². The first kappa shape index (κ1) is 25.2. The second kappa shape index (κ2) is 11.7. The molecule has 0 unspecified atom stereocenters. The first-order valence-corrected chi connectivity index (χ1v) is 12.6. The zero-order valence-electron chi connectivity index (χ0n) is 20.2. The molecule has 186 valence electrons. The van der Waals surface area contributed by atoms with E-state index in [2.05, 4.69) is 10.3 Å². The average Bonchev–Trinajstić information content (AvgIpc) is 3.48. The van der Waals surface area contributed by atoms with Gasteiger partial charge in [-0.3, -0.25) is 9.59 Å². The van der Waals surface area contributed by atoms with Crippen LogP contribution in [0.1, 0.15) is 44.2 Å². The Morgan fingerprint density at radius 1 is 1.08 bits per heavy atom. The summed E-state index contributed by atoms with van der Waals surface area (Å²) < 4.78 is 11.9. The van der Waals surface area contributed by atoms with Gasteiger partial charge in [-0.15, -0.1) is 11.3 Å². The van der Waals surface area contributed by atoms with Gasteiger partial charge in [-0.1, -0.05) is 30.3 Å². The molecule has 7 nitrogen and oxygen atoms in total. The molecule has 0 bridgehead atoms. The van der Waals surface area contributed by atoms with Gasteiger partial charge in [0, 0.05) is 30.5 Å². The number of aromatic nitrogens is 1. The summed E-state index contributed by atoms with van der Waals surface area (Å²) in [6, 6.07) is 17.2. The summed E-state index contributed by atoms with van der Waals surface area (Å²) in [6.07, 6.45) is 1.000. The van der Waals surface area contributed by atoms with Gasteiger partial charge < -0.3 is 19.6 Å². The number of aryl methyl sites for hydroxylation is 3. The van der Waals surface area contributed by atoms with Crippen LogP contribution in [-0.4, -0.2) is 28.6 Å². The summed E-state index contributed by atoms with van der Waals surface area (Å²) >= 11 is 1.40. The number of aliphatic carboxylic acids is 1. The smallest absolute Gasteiger partial charge is 0.303 e. The van der Waals surface area contributed by atoms with Gasteiger partial charge >= 0.3 is 5.97 Å². The number of hydrogen-bond acceptors (Lipinski definition) is 6. The van der Waals surface area contributed by atoms with Crippen molar-refractivity contribution in [2.75, 3.05) is 6.61 Å². The molecular weight excluding hydrogens is 476 g/mol. The molecule has 0 radical (unpaired) electrons. The fourth-order valence-corrected chi connectivity index (χ4v) is 4.57. The first-order valence-electron chi connectivity index (χ1n) is 11.7. The highest BCUT2D eigenvalue weighted by Crippen LogP contribution is 2.24. The van der Waals surface area contributed by atoms with Crippen LogP contribution in [0, 0.1) is 13.8 Å². The summed E-state index contributed by atoms with van der Waals surface area (Å²) in [5.74, 6) is 0.970. The second-order valence-electron chi connectivity index (χ2n) is 8.49. The maximum atomic E-state index is 12.6. The molecule has 36 heavy (non-hydrogen) atoms. The number of ether oxygens (including phenoxy) is 1. The van der Waals surface area contributed by atoms with E-state index < -0.39 is 5.97 Å². The van der Waals surface area contributed by atoms with E-state index in [4.69, 9.17) is 14.3 Å². The lowest BCUT2D eigenvalue weighted by molar-refractivity contribution is -0.136. The molecule has 1 amide bonds. The zero-order chi connectivity index (χ0) is 25.5. The van der Waals surface area contributed by atoms with Crippen LogP contribution < -0.4 is 10.1 Å². The number of benzene rings is 2.